The van der Waals surface area contributed by atoms with Crippen LogP contribution in [-0.4, -0.2) is 45.4 Å². The number of carbonyl (C=O) groups is 1. The molecule has 0 unspecified atom stereocenters. The van der Waals surface area contributed by atoms with Gasteiger partial charge in [-0.2, -0.15) is 0 Å². The first-order chi connectivity index (χ1) is 11.7. The Hall–Kier alpha value is -2.12. The minimum atomic E-state index is -0.211. The Balaban J connectivity index is 1.60. The molecule has 0 bridgehead atoms. The number of nitrogens with zero attached hydrogens (tertiary/aromatic N) is 4. The summed E-state index contributed by atoms with van der Waals surface area (Å²) in [4.78, 5) is 14.2. The van der Waals surface area contributed by atoms with Crippen molar-refractivity contribution >= 4 is 17.6 Å². The summed E-state index contributed by atoms with van der Waals surface area (Å²) < 4.78 is 7.67. The molecule has 8 heteroatoms. The highest BCUT2D eigenvalue weighted by atomic mass is 35.5. The molecular weight excluding hydrogens is 330 g/mol. The number of hydrogen-bond donors (Lipinski definition) is 1. The summed E-state index contributed by atoms with van der Waals surface area (Å²) in [6.07, 6.45) is 1.45. The summed E-state index contributed by atoms with van der Waals surface area (Å²) in [7, 11) is 0. The predicted molar refractivity (Wildman–Crippen MR) is 89.6 cm³/mol. The second-order valence-corrected chi connectivity index (χ2v) is 5.93. The van der Waals surface area contributed by atoms with Crippen LogP contribution in [0.4, 0.5) is 4.79 Å². The Kier molecular flexibility index (Phi) is 5.32. The highest BCUT2D eigenvalue weighted by Gasteiger charge is 2.26. The van der Waals surface area contributed by atoms with Gasteiger partial charge < -0.3 is 19.5 Å². The fourth-order valence-corrected chi connectivity index (χ4v) is 2.96. The van der Waals surface area contributed by atoms with Crippen LogP contribution in [0.15, 0.2) is 30.6 Å². The van der Waals surface area contributed by atoms with Crippen molar-refractivity contribution in [2.75, 3.05) is 19.7 Å². The molecule has 0 spiro atoms. The molecule has 3 rings (SSSR count). The lowest BCUT2D eigenvalue weighted by molar-refractivity contribution is -0.0154. The third kappa shape index (κ3) is 3.68. The third-order valence-electron chi connectivity index (χ3n) is 4.04. The summed E-state index contributed by atoms with van der Waals surface area (Å²) in [5, 5.41) is 11.4. The molecule has 1 N–H and O–H groups in total. The van der Waals surface area contributed by atoms with Crippen LogP contribution < -0.4 is 5.32 Å². The molecule has 1 saturated heterocycles. The van der Waals surface area contributed by atoms with Crippen molar-refractivity contribution in [3.05, 3.63) is 47.0 Å². The number of urea groups is 1. The Morgan fingerprint density at radius 1 is 1.46 bits per heavy atom. The van der Waals surface area contributed by atoms with E-state index in [-0.39, 0.29) is 12.1 Å². The van der Waals surface area contributed by atoms with Gasteiger partial charge in [-0.25, -0.2) is 4.79 Å². The first-order valence-electron chi connectivity index (χ1n) is 7.94. The number of aryl methyl sites for hydroxylation is 1. The molecule has 1 aromatic carbocycles. The molecule has 1 aliphatic rings. The number of hydrogen-bond acceptors (Lipinski definition) is 4. The van der Waals surface area contributed by atoms with Gasteiger partial charge in [-0.3, -0.25) is 0 Å². The molecule has 2 amide bonds. The summed E-state index contributed by atoms with van der Waals surface area (Å²) >= 11 is 6.23. The van der Waals surface area contributed by atoms with Crippen molar-refractivity contribution in [2.45, 2.75) is 26.1 Å². The van der Waals surface area contributed by atoms with E-state index < -0.39 is 0 Å². The third-order valence-corrected chi connectivity index (χ3v) is 4.38. The number of nitrogens with one attached hydrogen (secondary N) is 1. The van der Waals surface area contributed by atoms with Crippen LogP contribution in [0.5, 0.6) is 0 Å². The van der Waals surface area contributed by atoms with Gasteiger partial charge in [0, 0.05) is 23.7 Å². The lowest BCUT2D eigenvalue weighted by atomic mass is 10.1. The van der Waals surface area contributed by atoms with E-state index in [2.05, 4.69) is 15.5 Å². The Morgan fingerprint density at radius 3 is 3.08 bits per heavy atom. The van der Waals surface area contributed by atoms with Crippen molar-refractivity contribution in [3.63, 3.8) is 0 Å². The number of morpholine rings is 1. The van der Waals surface area contributed by atoms with E-state index in [0.29, 0.717) is 31.3 Å². The van der Waals surface area contributed by atoms with Crippen LogP contribution in [-0.2, 0) is 17.8 Å². The quantitative estimate of drug-likeness (QED) is 0.918. The van der Waals surface area contributed by atoms with E-state index in [1.165, 1.54) is 0 Å². The van der Waals surface area contributed by atoms with Crippen LogP contribution in [0, 0.1) is 0 Å². The number of rotatable bonds is 4. The predicted octanol–water partition coefficient (Wildman–Crippen LogP) is 2.23. The van der Waals surface area contributed by atoms with E-state index in [9.17, 15) is 4.79 Å². The van der Waals surface area contributed by atoms with Gasteiger partial charge in [-0.1, -0.05) is 29.8 Å². The Morgan fingerprint density at radius 2 is 2.29 bits per heavy atom. The van der Waals surface area contributed by atoms with Crippen LogP contribution in [0.2, 0.25) is 5.02 Å². The number of ether oxygens (including phenoxy) is 1. The van der Waals surface area contributed by atoms with Gasteiger partial charge in [0.25, 0.3) is 0 Å². The van der Waals surface area contributed by atoms with Crippen molar-refractivity contribution in [1.29, 1.82) is 0 Å². The van der Waals surface area contributed by atoms with Crippen LogP contribution in [0.25, 0.3) is 0 Å². The van der Waals surface area contributed by atoms with E-state index >= 15 is 0 Å². The molecule has 1 aliphatic heterocycles. The second kappa shape index (κ2) is 7.63. The van der Waals surface area contributed by atoms with Gasteiger partial charge in [0.15, 0.2) is 5.82 Å². The van der Waals surface area contributed by atoms with Gasteiger partial charge >= 0.3 is 6.03 Å². The van der Waals surface area contributed by atoms with Gasteiger partial charge in [0.2, 0.25) is 0 Å². The summed E-state index contributed by atoms with van der Waals surface area (Å²) in [5.41, 5.74) is 0.905. The maximum absolute atomic E-state index is 12.4. The molecular formula is C16H20ClN5O2. The maximum Gasteiger partial charge on any atom is 0.317 e. The van der Waals surface area contributed by atoms with Crippen molar-refractivity contribution in [2.24, 2.45) is 0 Å². The summed E-state index contributed by atoms with van der Waals surface area (Å²) in [6.45, 7) is 4.62. The summed E-state index contributed by atoms with van der Waals surface area (Å²) in [6, 6.07) is 7.42. The molecule has 24 heavy (non-hydrogen) atoms. The smallest absolute Gasteiger partial charge is 0.317 e. The van der Waals surface area contributed by atoms with Gasteiger partial charge in [0.1, 0.15) is 12.4 Å². The molecule has 7 nitrogen and oxygen atoms in total. The molecule has 0 saturated carbocycles. The molecule has 0 aliphatic carbocycles. The molecule has 2 heterocycles. The van der Waals surface area contributed by atoms with Crippen LogP contribution >= 0.6 is 11.6 Å². The SMILES string of the molecule is CCn1cnnc1CNC(=O)N1CCO[C@@H](c2ccccc2Cl)C1. The van der Waals surface area contributed by atoms with E-state index in [4.69, 9.17) is 16.3 Å². The zero-order valence-corrected chi connectivity index (χ0v) is 14.2. The van der Waals surface area contributed by atoms with Crippen LogP contribution in [0.1, 0.15) is 24.4 Å². The van der Waals surface area contributed by atoms with Crippen molar-refractivity contribution < 1.29 is 9.53 Å². The van der Waals surface area contributed by atoms with Crippen molar-refractivity contribution in [3.8, 4) is 0 Å². The Labute approximate surface area is 145 Å². The minimum Gasteiger partial charge on any atom is -0.370 e. The van der Waals surface area contributed by atoms with E-state index in [1.807, 2.05) is 35.8 Å². The lowest BCUT2D eigenvalue weighted by Crippen LogP contribution is -2.47. The number of benzene rings is 1. The van der Waals surface area contributed by atoms with E-state index in [0.717, 1.165) is 17.9 Å². The van der Waals surface area contributed by atoms with Crippen molar-refractivity contribution in [1.82, 2.24) is 25.0 Å². The normalized spacial score (nSPS) is 17.8. The first-order valence-corrected chi connectivity index (χ1v) is 8.32. The number of aromatic nitrogens is 3. The number of halogens is 1. The highest BCUT2D eigenvalue weighted by molar-refractivity contribution is 6.31. The molecule has 128 valence electrons. The first kappa shape index (κ1) is 16.7. The fraction of sp³-hybridized carbons (Fsp3) is 0.438. The molecule has 2 aromatic rings. The maximum atomic E-state index is 12.4. The zero-order valence-electron chi connectivity index (χ0n) is 13.5. The molecule has 1 fully saturated rings. The van der Waals surface area contributed by atoms with Gasteiger partial charge in [-0.05, 0) is 13.0 Å². The molecule has 1 atom stereocenters. The fourth-order valence-electron chi connectivity index (χ4n) is 2.70. The average Bonchev–Trinajstić information content (AvgIpc) is 3.07. The average molecular weight is 350 g/mol. The molecule has 1 aromatic heterocycles. The highest BCUT2D eigenvalue weighted by Crippen LogP contribution is 2.28. The van der Waals surface area contributed by atoms with Gasteiger partial charge in [-0.15, -0.1) is 10.2 Å². The summed E-state index contributed by atoms with van der Waals surface area (Å²) in [5.74, 6) is 0.738. The Bertz CT molecular complexity index is 705. The monoisotopic (exact) mass is 349 g/mol. The number of carbonyl (C=O) groups excluding carboxylic acids is 1. The topological polar surface area (TPSA) is 72.3 Å². The zero-order chi connectivity index (χ0) is 16.9. The van der Waals surface area contributed by atoms with Crippen LogP contribution in [0.3, 0.4) is 0 Å². The van der Waals surface area contributed by atoms with E-state index in [1.54, 1.807) is 11.2 Å². The lowest BCUT2D eigenvalue weighted by Gasteiger charge is -2.33. The van der Waals surface area contributed by atoms with Gasteiger partial charge in [0.05, 0.1) is 19.7 Å². The second-order valence-electron chi connectivity index (χ2n) is 5.52. The largest absolute Gasteiger partial charge is 0.370 e. The number of amides is 2. The standard InChI is InChI=1S/C16H20ClN5O2/c1-2-21-11-19-20-15(21)9-18-16(23)22-7-8-24-14(10-22)12-5-3-4-6-13(12)17/h3-6,11,14H,2,7-10H2,1H3,(H,18,23)/t14-/m1/s1. The molecule has 0 radical (unpaired) electrons. The minimum absolute atomic E-state index is 0.138.